The summed E-state index contributed by atoms with van der Waals surface area (Å²) in [4.78, 5) is 3.88. The molecule has 1 N–H and O–H groups in total. The molecule has 17 heavy (non-hydrogen) atoms. The van der Waals surface area contributed by atoms with Crippen molar-refractivity contribution >= 4 is 0 Å². The maximum atomic E-state index is 13.2. The molecule has 2 aromatic heterocycles. The summed E-state index contributed by atoms with van der Waals surface area (Å²) in [5.41, 5.74) is 1.79. The van der Waals surface area contributed by atoms with Gasteiger partial charge in [0.25, 0.3) is 0 Å². The van der Waals surface area contributed by atoms with Gasteiger partial charge in [0.05, 0.1) is 17.9 Å². The smallest absolute Gasteiger partial charge is 0.141 e. The number of aryl methyl sites for hydroxylation is 1. The third-order valence-electron chi connectivity index (χ3n) is 2.62. The van der Waals surface area contributed by atoms with Crippen molar-refractivity contribution in [3.05, 3.63) is 47.8 Å². The highest BCUT2D eigenvalue weighted by Crippen LogP contribution is 2.20. The molecule has 90 valence electrons. The molecule has 0 radical (unpaired) electrons. The standard InChI is InChI=1S/C12H15FN4/c1-3-15-12(11-4-5-16-17(11)2)9-6-10(13)8-14-7-9/h4-8,12,15H,3H2,1-2H3. The van der Waals surface area contributed by atoms with Crippen LogP contribution < -0.4 is 5.32 Å². The Morgan fingerprint density at radius 3 is 2.88 bits per heavy atom. The van der Waals surface area contributed by atoms with Gasteiger partial charge in [0.2, 0.25) is 0 Å². The summed E-state index contributed by atoms with van der Waals surface area (Å²) in [5.74, 6) is -0.326. The lowest BCUT2D eigenvalue weighted by atomic mass is 10.1. The molecule has 2 heterocycles. The Morgan fingerprint density at radius 2 is 2.29 bits per heavy atom. The molecule has 0 saturated heterocycles. The van der Waals surface area contributed by atoms with Gasteiger partial charge in [-0.3, -0.25) is 9.67 Å². The van der Waals surface area contributed by atoms with Crippen molar-refractivity contribution in [3.63, 3.8) is 0 Å². The van der Waals surface area contributed by atoms with Crippen molar-refractivity contribution < 1.29 is 4.39 Å². The van der Waals surface area contributed by atoms with Crippen LogP contribution in [0.5, 0.6) is 0 Å². The molecule has 0 aliphatic rings. The van der Waals surface area contributed by atoms with Crippen molar-refractivity contribution in [2.75, 3.05) is 6.54 Å². The van der Waals surface area contributed by atoms with Crippen molar-refractivity contribution in [3.8, 4) is 0 Å². The number of rotatable bonds is 4. The average molecular weight is 234 g/mol. The number of hydrogen-bond donors (Lipinski definition) is 1. The Bertz CT molecular complexity index is 495. The largest absolute Gasteiger partial charge is 0.305 e. The van der Waals surface area contributed by atoms with Crippen LogP contribution in [0.15, 0.2) is 30.7 Å². The Balaban J connectivity index is 2.39. The molecule has 0 saturated carbocycles. The Hall–Kier alpha value is -1.75. The molecule has 0 aromatic carbocycles. The summed E-state index contributed by atoms with van der Waals surface area (Å²) in [5, 5.41) is 7.43. The van der Waals surface area contributed by atoms with Crippen molar-refractivity contribution in [1.82, 2.24) is 20.1 Å². The molecule has 2 rings (SSSR count). The van der Waals surface area contributed by atoms with Crippen LogP contribution in [-0.4, -0.2) is 21.3 Å². The van der Waals surface area contributed by atoms with E-state index in [2.05, 4.69) is 15.4 Å². The highest BCUT2D eigenvalue weighted by atomic mass is 19.1. The van der Waals surface area contributed by atoms with Gasteiger partial charge in [-0.05, 0) is 24.2 Å². The van der Waals surface area contributed by atoms with Crippen molar-refractivity contribution in [2.45, 2.75) is 13.0 Å². The number of nitrogens with one attached hydrogen (secondary N) is 1. The molecule has 0 aliphatic heterocycles. The van der Waals surface area contributed by atoms with Gasteiger partial charge in [-0.2, -0.15) is 5.10 Å². The van der Waals surface area contributed by atoms with E-state index in [-0.39, 0.29) is 11.9 Å². The number of nitrogens with zero attached hydrogens (tertiary/aromatic N) is 3. The Kier molecular flexibility index (Phi) is 3.49. The van der Waals surface area contributed by atoms with E-state index in [9.17, 15) is 4.39 Å². The van der Waals surface area contributed by atoms with Gasteiger partial charge in [0.15, 0.2) is 0 Å². The zero-order valence-electron chi connectivity index (χ0n) is 9.89. The third kappa shape index (κ3) is 2.50. The SMILES string of the molecule is CCNC(c1cncc(F)c1)c1ccnn1C. The molecule has 5 heteroatoms. The molecule has 4 nitrogen and oxygen atoms in total. The predicted octanol–water partition coefficient (Wildman–Crippen LogP) is 1.65. The highest BCUT2D eigenvalue weighted by molar-refractivity contribution is 5.25. The highest BCUT2D eigenvalue weighted by Gasteiger charge is 2.16. The van der Waals surface area contributed by atoms with Crippen LogP contribution in [0.4, 0.5) is 4.39 Å². The van der Waals surface area contributed by atoms with E-state index in [0.717, 1.165) is 17.8 Å². The van der Waals surface area contributed by atoms with Gasteiger partial charge < -0.3 is 5.32 Å². The Labute approximate surface area is 99.5 Å². The second-order valence-corrected chi connectivity index (χ2v) is 3.81. The monoisotopic (exact) mass is 234 g/mol. The van der Waals surface area contributed by atoms with Crippen molar-refractivity contribution in [2.24, 2.45) is 7.05 Å². The first-order chi connectivity index (χ1) is 8.22. The summed E-state index contributed by atoms with van der Waals surface area (Å²) in [6.07, 6.45) is 4.60. The van der Waals surface area contributed by atoms with Crippen LogP contribution in [0.25, 0.3) is 0 Å². The normalized spacial score (nSPS) is 12.6. The first-order valence-corrected chi connectivity index (χ1v) is 5.54. The molecule has 0 bridgehead atoms. The van der Waals surface area contributed by atoms with Crippen LogP contribution in [0, 0.1) is 5.82 Å². The lowest BCUT2D eigenvalue weighted by Gasteiger charge is -2.18. The number of aromatic nitrogens is 3. The average Bonchev–Trinajstić information content (AvgIpc) is 2.72. The zero-order valence-corrected chi connectivity index (χ0v) is 9.89. The second kappa shape index (κ2) is 5.05. The van der Waals surface area contributed by atoms with Gasteiger partial charge in [-0.15, -0.1) is 0 Å². The van der Waals surface area contributed by atoms with E-state index in [1.807, 2.05) is 20.0 Å². The molecule has 0 amide bonds. The molecule has 0 fully saturated rings. The van der Waals surface area contributed by atoms with Crippen LogP contribution in [-0.2, 0) is 7.05 Å². The quantitative estimate of drug-likeness (QED) is 0.874. The minimum atomic E-state index is -0.326. The molecule has 1 unspecified atom stereocenters. The van der Waals surface area contributed by atoms with Gasteiger partial charge in [-0.1, -0.05) is 6.92 Å². The van der Waals surface area contributed by atoms with Crippen LogP contribution >= 0.6 is 0 Å². The first kappa shape index (κ1) is 11.7. The summed E-state index contributed by atoms with van der Waals surface area (Å²) in [7, 11) is 1.87. The molecular formula is C12H15FN4. The topological polar surface area (TPSA) is 42.7 Å². The fraction of sp³-hybridized carbons (Fsp3) is 0.333. The Morgan fingerprint density at radius 1 is 1.47 bits per heavy atom. The van der Waals surface area contributed by atoms with Crippen LogP contribution in [0.1, 0.15) is 24.2 Å². The zero-order chi connectivity index (χ0) is 12.3. The van der Waals surface area contributed by atoms with E-state index >= 15 is 0 Å². The first-order valence-electron chi connectivity index (χ1n) is 5.54. The summed E-state index contributed by atoms with van der Waals surface area (Å²) in [6, 6.07) is 3.32. The molecule has 0 spiro atoms. The number of hydrogen-bond acceptors (Lipinski definition) is 3. The summed E-state index contributed by atoms with van der Waals surface area (Å²) >= 11 is 0. The molecule has 2 aromatic rings. The molecule has 0 aliphatic carbocycles. The lowest BCUT2D eigenvalue weighted by Crippen LogP contribution is -2.24. The van der Waals surface area contributed by atoms with E-state index < -0.39 is 0 Å². The minimum Gasteiger partial charge on any atom is -0.305 e. The van der Waals surface area contributed by atoms with Crippen LogP contribution in [0.2, 0.25) is 0 Å². The second-order valence-electron chi connectivity index (χ2n) is 3.81. The van der Waals surface area contributed by atoms with E-state index in [4.69, 9.17) is 0 Å². The number of pyridine rings is 1. The van der Waals surface area contributed by atoms with E-state index in [1.165, 1.54) is 12.3 Å². The van der Waals surface area contributed by atoms with E-state index in [1.54, 1.807) is 17.1 Å². The molecular weight excluding hydrogens is 219 g/mol. The van der Waals surface area contributed by atoms with Crippen LogP contribution in [0.3, 0.4) is 0 Å². The summed E-state index contributed by atoms with van der Waals surface area (Å²) < 4.78 is 15.0. The summed E-state index contributed by atoms with van der Waals surface area (Å²) in [6.45, 7) is 2.79. The maximum absolute atomic E-state index is 13.2. The maximum Gasteiger partial charge on any atom is 0.141 e. The van der Waals surface area contributed by atoms with Crippen molar-refractivity contribution in [1.29, 1.82) is 0 Å². The fourth-order valence-electron chi connectivity index (χ4n) is 1.85. The molecule has 1 atom stereocenters. The predicted molar refractivity (Wildman–Crippen MR) is 62.9 cm³/mol. The van der Waals surface area contributed by atoms with E-state index in [0.29, 0.717) is 0 Å². The fourth-order valence-corrected chi connectivity index (χ4v) is 1.85. The number of halogens is 1. The van der Waals surface area contributed by atoms with Gasteiger partial charge in [0.1, 0.15) is 5.82 Å². The van der Waals surface area contributed by atoms with Gasteiger partial charge in [0, 0.05) is 19.4 Å². The van der Waals surface area contributed by atoms with Gasteiger partial charge >= 0.3 is 0 Å². The van der Waals surface area contributed by atoms with Gasteiger partial charge in [-0.25, -0.2) is 4.39 Å². The lowest BCUT2D eigenvalue weighted by molar-refractivity contribution is 0.561. The third-order valence-corrected chi connectivity index (χ3v) is 2.62. The minimum absolute atomic E-state index is 0.0873.